The van der Waals surface area contributed by atoms with E-state index < -0.39 is 20.0 Å². The number of likely N-dealkylation sites (N-methyl/N-ethyl adjacent to an activating group) is 1. The van der Waals surface area contributed by atoms with Crippen LogP contribution in [-0.2, 0) is 27.9 Å². The molecule has 3 unspecified atom stereocenters. The molecule has 0 spiro atoms. The number of allylic oxidation sites excluding steroid dienone is 9. The monoisotopic (exact) mass is 990 g/mol. The first-order valence-corrected chi connectivity index (χ1v) is 30.1. The van der Waals surface area contributed by atoms with E-state index in [1.807, 2.05) is 33.3 Å². The molecule has 0 aromatic rings. The number of ether oxygens (including phenoxy) is 1. The number of carbonyl (C=O) groups excluding carboxylic acids is 2. The molecule has 0 saturated heterocycles. The highest BCUT2D eigenvalue weighted by Crippen LogP contribution is 2.43. The molecule has 0 aromatic heterocycles. The van der Waals surface area contributed by atoms with Gasteiger partial charge in [-0.1, -0.05) is 210 Å². The second kappa shape index (κ2) is 49.3. The molecular weight excluding hydrogens is 880 g/mol. The van der Waals surface area contributed by atoms with Gasteiger partial charge in [0.2, 0.25) is 5.91 Å². The normalized spacial score (nSPS) is 14.2. The Morgan fingerprint density at radius 1 is 0.522 bits per heavy atom. The Bertz CT molecular complexity index is 1370. The Labute approximate surface area is 426 Å². The summed E-state index contributed by atoms with van der Waals surface area (Å²) in [6, 6.07) is -0.859. The Morgan fingerprint density at radius 3 is 1.41 bits per heavy atom. The number of phosphoric acid groups is 1. The maximum Gasteiger partial charge on any atom is 0.472 e. The molecule has 10 heteroatoms. The molecule has 0 aromatic carbocycles. The number of rotatable bonds is 51. The first kappa shape index (κ1) is 66.7. The van der Waals surface area contributed by atoms with Gasteiger partial charge in [0.25, 0.3) is 0 Å². The highest BCUT2D eigenvalue weighted by atomic mass is 31.2. The van der Waals surface area contributed by atoms with E-state index in [-0.39, 0.29) is 31.5 Å². The largest absolute Gasteiger partial charge is 0.472 e. The smallest absolute Gasteiger partial charge is 0.456 e. The fourth-order valence-electron chi connectivity index (χ4n) is 8.01. The van der Waals surface area contributed by atoms with Gasteiger partial charge in [0.1, 0.15) is 19.3 Å². The summed E-state index contributed by atoms with van der Waals surface area (Å²) in [5.74, 6) is -0.535. The van der Waals surface area contributed by atoms with Gasteiger partial charge in [0.15, 0.2) is 0 Å². The van der Waals surface area contributed by atoms with E-state index in [0.29, 0.717) is 23.9 Å². The Hall–Kier alpha value is -2.29. The number of nitrogens with one attached hydrogen (secondary N) is 1. The molecule has 402 valence electrons. The van der Waals surface area contributed by atoms with Gasteiger partial charge in [0, 0.05) is 12.8 Å². The van der Waals surface area contributed by atoms with Crippen molar-refractivity contribution in [1.29, 1.82) is 0 Å². The van der Waals surface area contributed by atoms with Gasteiger partial charge in [0.05, 0.1) is 33.8 Å². The average molecular weight is 991 g/mol. The molecular formula is C59H110N2O7P+. The molecule has 0 aliphatic heterocycles. The average Bonchev–Trinajstić information content (AvgIpc) is 3.31. The van der Waals surface area contributed by atoms with E-state index in [9.17, 15) is 19.0 Å². The van der Waals surface area contributed by atoms with Gasteiger partial charge in [-0.3, -0.25) is 18.6 Å². The SMILES string of the molecule is CC/C=C/C/C=C/C/C=C/CCCCCCC(=O)OC(/C=C/CCCCCCCCCCCC)C(COP(=O)(O)OCC[N+](C)(C)C)NC(=O)CCCCCCCCC/C=C/CCCCCCCC. The van der Waals surface area contributed by atoms with Gasteiger partial charge < -0.3 is 19.4 Å². The van der Waals surface area contributed by atoms with Crippen molar-refractivity contribution in [2.24, 2.45) is 0 Å². The van der Waals surface area contributed by atoms with E-state index >= 15 is 0 Å². The highest BCUT2D eigenvalue weighted by molar-refractivity contribution is 7.47. The predicted molar refractivity (Wildman–Crippen MR) is 295 cm³/mol. The molecule has 0 fully saturated rings. The van der Waals surface area contributed by atoms with Crippen molar-refractivity contribution in [2.75, 3.05) is 40.9 Å². The maximum atomic E-state index is 13.5. The van der Waals surface area contributed by atoms with Crippen molar-refractivity contribution in [3.05, 3.63) is 60.8 Å². The van der Waals surface area contributed by atoms with Crippen LogP contribution in [0.3, 0.4) is 0 Å². The summed E-state index contributed by atoms with van der Waals surface area (Å²) in [5, 5.41) is 3.04. The number of esters is 1. The summed E-state index contributed by atoms with van der Waals surface area (Å²) in [6.07, 6.45) is 60.7. The third kappa shape index (κ3) is 50.4. The zero-order valence-corrected chi connectivity index (χ0v) is 46.7. The van der Waals surface area contributed by atoms with Crippen LogP contribution in [0.1, 0.15) is 252 Å². The molecule has 69 heavy (non-hydrogen) atoms. The number of nitrogens with zero attached hydrogens (tertiary/aromatic N) is 1. The van der Waals surface area contributed by atoms with Crippen molar-refractivity contribution in [3.63, 3.8) is 0 Å². The van der Waals surface area contributed by atoms with Crippen LogP contribution >= 0.6 is 7.82 Å². The lowest BCUT2D eigenvalue weighted by Gasteiger charge is -2.27. The number of carbonyl (C=O) groups is 2. The Balaban J connectivity index is 5.38. The summed E-state index contributed by atoms with van der Waals surface area (Å²) in [7, 11) is 1.48. The summed E-state index contributed by atoms with van der Waals surface area (Å²) in [4.78, 5) is 37.6. The van der Waals surface area contributed by atoms with Crippen LogP contribution < -0.4 is 5.32 Å². The fraction of sp³-hybridized carbons (Fsp3) is 0.797. The second-order valence-corrected chi connectivity index (χ2v) is 21.9. The predicted octanol–water partition coefficient (Wildman–Crippen LogP) is 17.1. The van der Waals surface area contributed by atoms with Crippen LogP contribution in [0.25, 0.3) is 0 Å². The van der Waals surface area contributed by atoms with Crippen LogP contribution in [0.4, 0.5) is 0 Å². The van der Waals surface area contributed by atoms with Crippen molar-refractivity contribution in [1.82, 2.24) is 5.32 Å². The lowest BCUT2D eigenvalue weighted by molar-refractivity contribution is -0.870. The Morgan fingerprint density at radius 2 is 0.928 bits per heavy atom. The maximum absolute atomic E-state index is 13.5. The van der Waals surface area contributed by atoms with Gasteiger partial charge >= 0.3 is 13.8 Å². The molecule has 0 bridgehead atoms. The first-order chi connectivity index (χ1) is 33.4. The van der Waals surface area contributed by atoms with Gasteiger partial charge in [-0.05, 0) is 89.5 Å². The van der Waals surface area contributed by atoms with Crippen LogP contribution in [0.15, 0.2) is 60.8 Å². The van der Waals surface area contributed by atoms with E-state index in [0.717, 1.165) is 96.3 Å². The van der Waals surface area contributed by atoms with Gasteiger partial charge in [-0.15, -0.1) is 0 Å². The number of amides is 1. The van der Waals surface area contributed by atoms with E-state index in [4.69, 9.17) is 13.8 Å². The summed E-state index contributed by atoms with van der Waals surface area (Å²) >= 11 is 0. The van der Waals surface area contributed by atoms with Gasteiger partial charge in [-0.2, -0.15) is 0 Å². The number of phosphoric ester groups is 1. The fourth-order valence-corrected chi connectivity index (χ4v) is 8.74. The molecule has 0 aliphatic rings. The third-order valence-corrected chi connectivity index (χ3v) is 13.4. The lowest BCUT2D eigenvalue weighted by atomic mass is 10.0. The Kier molecular flexibility index (Phi) is 47.7. The minimum Gasteiger partial charge on any atom is -0.456 e. The van der Waals surface area contributed by atoms with Crippen molar-refractivity contribution in [3.8, 4) is 0 Å². The topological polar surface area (TPSA) is 111 Å². The first-order valence-electron chi connectivity index (χ1n) is 28.6. The summed E-state index contributed by atoms with van der Waals surface area (Å²) < 4.78 is 30.6. The minimum absolute atomic E-state index is 0.0344. The molecule has 0 rings (SSSR count). The molecule has 1 amide bonds. The second-order valence-electron chi connectivity index (χ2n) is 20.4. The molecule has 0 heterocycles. The highest BCUT2D eigenvalue weighted by Gasteiger charge is 2.30. The van der Waals surface area contributed by atoms with Crippen molar-refractivity contribution >= 4 is 19.7 Å². The third-order valence-electron chi connectivity index (χ3n) is 12.4. The number of hydrogen-bond donors (Lipinski definition) is 2. The molecule has 0 saturated carbocycles. The standard InChI is InChI=1S/C59H109N2O7P/c1-7-10-13-16-19-22-25-28-30-31-32-33-36-39-42-45-48-51-58(62)60-56(55-67-69(64,65)66-54-53-61(4,5)6)57(50-47-44-41-38-35-27-24-21-18-15-12-9-3)68-59(63)52-49-46-43-40-37-34-29-26-23-20-17-14-11-8-2/h11,14,20,23,28-30,34,47,50,56-57H,7-10,12-13,15-19,21-22,24-27,31-33,35-46,48-49,51-55H2,1-6H3,(H-,60,62,64,65)/p+1/b14-11+,23-20+,30-28+,34-29+,50-47+. The van der Waals surface area contributed by atoms with Crippen LogP contribution in [0.5, 0.6) is 0 Å². The van der Waals surface area contributed by atoms with Crippen LogP contribution in [-0.4, -0.2) is 74.3 Å². The zero-order valence-electron chi connectivity index (χ0n) is 45.8. The van der Waals surface area contributed by atoms with E-state index in [1.54, 1.807) is 0 Å². The van der Waals surface area contributed by atoms with E-state index in [2.05, 4.69) is 74.7 Å². The van der Waals surface area contributed by atoms with Crippen LogP contribution in [0.2, 0.25) is 0 Å². The molecule has 0 radical (unpaired) electrons. The van der Waals surface area contributed by atoms with Gasteiger partial charge in [-0.25, -0.2) is 4.57 Å². The molecule has 0 aliphatic carbocycles. The number of hydrogen-bond acceptors (Lipinski definition) is 6. The van der Waals surface area contributed by atoms with Crippen molar-refractivity contribution < 1.29 is 37.3 Å². The molecule has 3 atom stereocenters. The zero-order chi connectivity index (χ0) is 50.8. The number of quaternary nitrogens is 1. The van der Waals surface area contributed by atoms with E-state index in [1.165, 1.54) is 116 Å². The number of unbranched alkanes of at least 4 members (excludes halogenated alkanes) is 27. The minimum atomic E-state index is -4.45. The summed E-state index contributed by atoms with van der Waals surface area (Å²) in [6.45, 7) is 6.87. The van der Waals surface area contributed by atoms with Crippen LogP contribution in [0, 0.1) is 0 Å². The molecule has 9 nitrogen and oxygen atoms in total. The lowest BCUT2D eigenvalue weighted by Crippen LogP contribution is -2.47. The quantitative estimate of drug-likeness (QED) is 0.0205. The molecule has 2 N–H and O–H groups in total. The summed E-state index contributed by atoms with van der Waals surface area (Å²) in [5.41, 5.74) is 0. The van der Waals surface area contributed by atoms with Crippen molar-refractivity contribution in [2.45, 2.75) is 264 Å².